The van der Waals surface area contributed by atoms with Gasteiger partial charge >= 0.3 is 6.09 Å². The molecular weight excluding hydrogens is 356 g/mol. The number of carbonyl (C=O) groups excluding carboxylic acids is 2. The maximum absolute atomic E-state index is 12.2. The first-order chi connectivity index (χ1) is 13.4. The molecule has 5 heteroatoms. The largest absolute Gasteiger partial charge is 0.446 e. The zero-order valence-corrected chi connectivity index (χ0v) is 17.5. The lowest BCUT2D eigenvalue weighted by molar-refractivity contribution is -0.142. The number of alkyl carbamates (subject to hydrolysis) is 1. The Kier molecular flexibility index (Phi) is 5.47. The first-order valence-electron chi connectivity index (χ1n) is 11.4. The van der Waals surface area contributed by atoms with Crippen molar-refractivity contribution < 1.29 is 18.7 Å². The van der Waals surface area contributed by atoms with Crippen LogP contribution in [0.3, 0.4) is 0 Å². The monoisotopic (exact) mass is 392 g/mol. The molecule has 28 heavy (non-hydrogen) atoms. The summed E-state index contributed by atoms with van der Waals surface area (Å²) in [5.41, 5.74) is 0.382. The SMILES string of the molecule is C[C@]12CCC(=O)C[C@@H]1CC[C@@H]1[C@@H]2CC[C@]2(C)[C@@H](OC(=O)NCCC[18F])CC[C@@H]12. The molecule has 7 atom stereocenters. The van der Waals surface area contributed by atoms with Crippen molar-refractivity contribution in [1.29, 1.82) is 0 Å². The van der Waals surface area contributed by atoms with Gasteiger partial charge in [0.1, 0.15) is 11.9 Å². The van der Waals surface area contributed by atoms with E-state index in [1.807, 2.05) is 0 Å². The molecule has 4 aliphatic rings. The van der Waals surface area contributed by atoms with E-state index in [2.05, 4.69) is 19.2 Å². The van der Waals surface area contributed by atoms with Crippen molar-refractivity contribution in [1.82, 2.24) is 5.32 Å². The summed E-state index contributed by atoms with van der Waals surface area (Å²) >= 11 is 0. The molecule has 158 valence electrons. The van der Waals surface area contributed by atoms with Crippen LogP contribution in [0, 0.1) is 34.5 Å². The van der Waals surface area contributed by atoms with Crippen LogP contribution in [-0.2, 0) is 9.53 Å². The van der Waals surface area contributed by atoms with Crippen molar-refractivity contribution in [3.8, 4) is 0 Å². The molecule has 1 N–H and O–H groups in total. The molecule has 0 heterocycles. The summed E-state index contributed by atoms with van der Waals surface area (Å²) in [6.07, 6.45) is 9.36. The fraction of sp³-hybridized carbons (Fsp3) is 0.913. The van der Waals surface area contributed by atoms with E-state index in [4.69, 9.17) is 4.74 Å². The Balaban J connectivity index is 1.45. The number of nitrogens with one attached hydrogen (secondary N) is 1. The zero-order valence-electron chi connectivity index (χ0n) is 17.5. The lowest BCUT2D eigenvalue weighted by Crippen LogP contribution is -2.54. The van der Waals surface area contributed by atoms with E-state index in [0.717, 1.165) is 44.4 Å². The minimum Gasteiger partial charge on any atom is -0.446 e. The van der Waals surface area contributed by atoms with Gasteiger partial charge in [0.25, 0.3) is 0 Å². The number of ether oxygens (including phenoxy) is 1. The van der Waals surface area contributed by atoms with Gasteiger partial charge in [-0.1, -0.05) is 13.8 Å². The summed E-state index contributed by atoms with van der Waals surface area (Å²) in [6, 6.07) is 0. The number of carbonyl (C=O) groups is 2. The van der Waals surface area contributed by atoms with Gasteiger partial charge in [-0.2, -0.15) is 0 Å². The van der Waals surface area contributed by atoms with Gasteiger partial charge in [-0.05, 0) is 80.5 Å². The smallest absolute Gasteiger partial charge is 0.407 e. The number of hydrogen-bond donors (Lipinski definition) is 1. The number of halogens is 1. The van der Waals surface area contributed by atoms with Crippen molar-refractivity contribution in [3.63, 3.8) is 0 Å². The zero-order chi connectivity index (χ0) is 19.9. The standard InChI is InChI=1S/C23H36FNO3/c1-22-10-8-16(26)14-15(22)4-5-17-18-6-7-20(23(18,2)11-9-19(17)22)28-21(27)25-13-3-12-24/h15,17-20H,3-14H2,1-2H3,(H,25,27)/t15-,17-,18-,19-,20-,22-,23-/m0/s1/i24-1. The van der Waals surface area contributed by atoms with E-state index in [0.29, 0.717) is 41.9 Å². The van der Waals surface area contributed by atoms with E-state index in [1.54, 1.807) is 0 Å². The number of ketones is 1. The Morgan fingerprint density at radius 1 is 1.11 bits per heavy atom. The lowest BCUT2D eigenvalue weighted by Gasteiger charge is -2.60. The van der Waals surface area contributed by atoms with Crippen LogP contribution in [0.25, 0.3) is 0 Å². The van der Waals surface area contributed by atoms with Gasteiger partial charge in [-0.15, -0.1) is 0 Å². The van der Waals surface area contributed by atoms with Gasteiger partial charge in [0.05, 0.1) is 6.67 Å². The quantitative estimate of drug-likeness (QED) is 0.681. The molecule has 1 amide bonds. The van der Waals surface area contributed by atoms with Gasteiger partial charge in [0, 0.05) is 24.8 Å². The van der Waals surface area contributed by atoms with Crippen molar-refractivity contribution in [2.75, 3.05) is 13.2 Å². The van der Waals surface area contributed by atoms with Crippen LogP contribution in [0.4, 0.5) is 9.18 Å². The molecule has 0 aromatic heterocycles. The number of alkyl halides is 1. The Morgan fingerprint density at radius 3 is 2.68 bits per heavy atom. The lowest BCUT2D eigenvalue weighted by atomic mass is 9.45. The minimum absolute atomic E-state index is 0.0257. The summed E-state index contributed by atoms with van der Waals surface area (Å²) in [5.74, 6) is 3.08. The van der Waals surface area contributed by atoms with Crippen LogP contribution in [0.15, 0.2) is 0 Å². The van der Waals surface area contributed by atoms with Crippen LogP contribution in [0.1, 0.15) is 78.1 Å². The number of rotatable bonds is 4. The summed E-state index contributed by atoms with van der Waals surface area (Å²) in [6.45, 7) is 4.72. The Morgan fingerprint density at radius 2 is 1.89 bits per heavy atom. The highest BCUT2D eigenvalue weighted by atomic mass is 18.2. The Labute approximate surface area is 168 Å². The first kappa shape index (κ1) is 20.2. The van der Waals surface area contributed by atoms with Crippen LogP contribution in [-0.4, -0.2) is 31.2 Å². The molecule has 0 bridgehead atoms. The summed E-state index contributed by atoms with van der Waals surface area (Å²) in [7, 11) is 0. The Bertz CT molecular complexity index is 625. The molecule has 0 aliphatic heterocycles. The van der Waals surface area contributed by atoms with Crippen molar-refractivity contribution in [2.45, 2.75) is 84.2 Å². The summed E-state index contributed by atoms with van der Waals surface area (Å²) < 4.78 is 18.1. The molecule has 0 aromatic rings. The normalized spacial score (nSPS) is 45.0. The second-order valence-corrected chi connectivity index (χ2v) is 10.4. The molecule has 4 rings (SSSR count). The second kappa shape index (κ2) is 7.60. The average molecular weight is 393 g/mol. The highest BCUT2D eigenvalue weighted by molar-refractivity contribution is 5.79. The predicted molar refractivity (Wildman–Crippen MR) is 106 cm³/mol. The number of fused-ring (bicyclic) bond motifs is 5. The third-order valence-electron chi connectivity index (χ3n) is 9.22. The average Bonchev–Trinajstić information content (AvgIpc) is 2.99. The summed E-state index contributed by atoms with van der Waals surface area (Å²) in [4.78, 5) is 24.2. The maximum atomic E-state index is 12.2. The number of amides is 1. The van der Waals surface area contributed by atoms with Crippen molar-refractivity contribution >= 4 is 11.9 Å². The second-order valence-electron chi connectivity index (χ2n) is 10.4. The van der Waals surface area contributed by atoms with Crippen LogP contribution < -0.4 is 5.32 Å². The first-order valence-corrected chi connectivity index (χ1v) is 11.4. The highest BCUT2D eigenvalue weighted by Gasteiger charge is 2.61. The highest BCUT2D eigenvalue weighted by Crippen LogP contribution is 2.66. The van der Waals surface area contributed by atoms with Gasteiger partial charge in [-0.25, -0.2) is 4.79 Å². The van der Waals surface area contributed by atoms with E-state index in [9.17, 15) is 14.0 Å². The molecule has 4 aliphatic carbocycles. The number of hydrogen-bond acceptors (Lipinski definition) is 3. The van der Waals surface area contributed by atoms with Crippen molar-refractivity contribution in [2.24, 2.45) is 34.5 Å². The van der Waals surface area contributed by atoms with Crippen LogP contribution in [0.2, 0.25) is 0 Å². The number of Topliss-reactive ketones (excluding diaryl/α,β-unsaturated/α-hetero) is 1. The van der Waals surface area contributed by atoms with Crippen LogP contribution >= 0.6 is 0 Å². The molecule has 0 saturated heterocycles. The van der Waals surface area contributed by atoms with E-state index < -0.39 is 6.67 Å². The third-order valence-corrected chi connectivity index (χ3v) is 9.22. The maximum Gasteiger partial charge on any atom is 0.407 e. The molecule has 4 saturated carbocycles. The molecule has 0 radical (unpaired) electrons. The summed E-state index contributed by atoms with van der Waals surface area (Å²) in [5, 5.41) is 2.69. The fourth-order valence-corrected chi connectivity index (χ4v) is 7.62. The Hall–Kier alpha value is -1.13. The van der Waals surface area contributed by atoms with Gasteiger partial charge in [0.2, 0.25) is 0 Å². The molecule has 0 aromatic carbocycles. The molecular formula is C23H36FNO3. The predicted octanol–water partition coefficient (Wildman–Crippen LogP) is 5.05. The fourth-order valence-electron chi connectivity index (χ4n) is 7.62. The van der Waals surface area contributed by atoms with E-state index in [1.165, 1.54) is 19.3 Å². The van der Waals surface area contributed by atoms with E-state index in [-0.39, 0.29) is 17.6 Å². The van der Waals surface area contributed by atoms with Crippen molar-refractivity contribution in [3.05, 3.63) is 0 Å². The molecule has 0 unspecified atom stereocenters. The van der Waals surface area contributed by atoms with Crippen LogP contribution in [0.5, 0.6) is 0 Å². The van der Waals surface area contributed by atoms with Gasteiger partial charge in [-0.3, -0.25) is 9.18 Å². The molecule has 4 fully saturated rings. The third kappa shape index (κ3) is 3.27. The minimum atomic E-state index is -0.419. The molecule has 4 nitrogen and oxygen atoms in total. The van der Waals surface area contributed by atoms with Gasteiger partial charge in [0.15, 0.2) is 0 Å². The van der Waals surface area contributed by atoms with Gasteiger partial charge < -0.3 is 10.1 Å². The van der Waals surface area contributed by atoms with E-state index >= 15 is 0 Å². The topological polar surface area (TPSA) is 55.4 Å². The molecule has 0 spiro atoms.